The largest absolute Gasteiger partial charge is 0.481 e. The summed E-state index contributed by atoms with van der Waals surface area (Å²) in [4.78, 5) is 16.2. The van der Waals surface area contributed by atoms with Crippen LogP contribution in [0.4, 0.5) is 10.3 Å². The van der Waals surface area contributed by atoms with Gasteiger partial charge >= 0.3 is 0 Å². The van der Waals surface area contributed by atoms with Crippen molar-refractivity contribution in [1.82, 2.24) is 10.1 Å². The molecule has 0 spiro atoms. The minimum Gasteiger partial charge on any atom is -0.481 e. The normalized spacial score (nSPS) is 11.8. The van der Waals surface area contributed by atoms with E-state index in [9.17, 15) is 9.18 Å². The van der Waals surface area contributed by atoms with Gasteiger partial charge in [0.1, 0.15) is 11.6 Å². The molecule has 0 saturated heterocycles. The Morgan fingerprint density at radius 1 is 1.28 bits per heavy atom. The van der Waals surface area contributed by atoms with Crippen LogP contribution in [0, 0.1) is 5.82 Å². The number of nitrogens with zero attached hydrogens (tertiary/aromatic N) is 2. The van der Waals surface area contributed by atoms with Crippen molar-refractivity contribution >= 4 is 23.5 Å². The predicted octanol–water partition coefficient (Wildman–Crippen LogP) is 3.94. The molecular formula is C17H13ClFN3O3. The maximum absolute atomic E-state index is 12.9. The summed E-state index contributed by atoms with van der Waals surface area (Å²) in [5, 5.41) is 6.72. The predicted molar refractivity (Wildman–Crippen MR) is 89.9 cm³/mol. The number of carbonyl (C=O) groups is 1. The second kappa shape index (κ2) is 7.31. The van der Waals surface area contributed by atoms with Crippen molar-refractivity contribution in [2.75, 3.05) is 5.32 Å². The van der Waals surface area contributed by atoms with Gasteiger partial charge in [-0.2, -0.15) is 4.98 Å². The smallest absolute Gasteiger partial charge is 0.270 e. The van der Waals surface area contributed by atoms with Crippen LogP contribution < -0.4 is 10.1 Å². The highest BCUT2D eigenvalue weighted by atomic mass is 35.5. The van der Waals surface area contributed by atoms with E-state index < -0.39 is 12.0 Å². The second-order valence-electron chi connectivity index (χ2n) is 5.14. The number of ether oxygens (including phenoxy) is 1. The zero-order valence-corrected chi connectivity index (χ0v) is 13.8. The van der Waals surface area contributed by atoms with Crippen LogP contribution in [0.15, 0.2) is 53.1 Å². The van der Waals surface area contributed by atoms with Crippen LogP contribution in [0.1, 0.15) is 6.92 Å². The van der Waals surface area contributed by atoms with Crippen molar-refractivity contribution in [3.05, 3.63) is 59.4 Å². The van der Waals surface area contributed by atoms with Gasteiger partial charge in [0.2, 0.25) is 0 Å². The molecule has 3 rings (SSSR count). The summed E-state index contributed by atoms with van der Waals surface area (Å²) in [6.07, 6.45) is -0.835. The zero-order chi connectivity index (χ0) is 17.8. The maximum atomic E-state index is 12.9. The number of benzene rings is 2. The van der Waals surface area contributed by atoms with Crippen LogP contribution in [-0.2, 0) is 4.79 Å². The van der Waals surface area contributed by atoms with Crippen LogP contribution in [-0.4, -0.2) is 22.2 Å². The first-order chi connectivity index (χ1) is 12.0. The molecule has 1 aromatic heterocycles. The van der Waals surface area contributed by atoms with Gasteiger partial charge in [0.25, 0.3) is 17.7 Å². The summed E-state index contributed by atoms with van der Waals surface area (Å²) in [6, 6.07) is 12.3. The van der Waals surface area contributed by atoms with E-state index in [-0.39, 0.29) is 17.7 Å². The Kier molecular flexibility index (Phi) is 4.95. The summed E-state index contributed by atoms with van der Waals surface area (Å²) < 4.78 is 23.4. The van der Waals surface area contributed by atoms with Gasteiger partial charge in [-0.15, -0.1) is 0 Å². The highest BCUT2D eigenvalue weighted by Crippen LogP contribution is 2.22. The van der Waals surface area contributed by atoms with E-state index in [0.717, 1.165) is 0 Å². The fraction of sp³-hybridized carbons (Fsp3) is 0.118. The van der Waals surface area contributed by atoms with Gasteiger partial charge in [-0.05, 0) is 54.5 Å². The summed E-state index contributed by atoms with van der Waals surface area (Å²) in [5.41, 5.74) is 0.635. The number of carbonyl (C=O) groups excluding carboxylic acids is 1. The van der Waals surface area contributed by atoms with E-state index in [1.54, 1.807) is 31.2 Å². The molecule has 0 radical (unpaired) electrons. The first-order valence-electron chi connectivity index (χ1n) is 7.34. The average Bonchev–Trinajstić information content (AvgIpc) is 3.05. The van der Waals surface area contributed by atoms with Gasteiger partial charge in [-0.1, -0.05) is 17.7 Å². The lowest BCUT2D eigenvalue weighted by molar-refractivity contribution is -0.122. The van der Waals surface area contributed by atoms with E-state index in [1.165, 1.54) is 24.3 Å². The summed E-state index contributed by atoms with van der Waals surface area (Å²) in [7, 11) is 0. The lowest BCUT2D eigenvalue weighted by Crippen LogP contribution is -2.30. The van der Waals surface area contributed by atoms with Gasteiger partial charge in [0, 0.05) is 10.6 Å². The Bertz CT molecular complexity index is 883. The topological polar surface area (TPSA) is 77.2 Å². The number of aromatic nitrogens is 2. The fourth-order valence-electron chi connectivity index (χ4n) is 2.00. The van der Waals surface area contributed by atoms with Gasteiger partial charge in [-0.25, -0.2) is 4.39 Å². The lowest BCUT2D eigenvalue weighted by Gasteiger charge is -2.13. The van der Waals surface area contributed by atoms with E-state index in [0.29, 0.717) is 16.3 Å². The molecule has 0 saturated carbocycles. The molecule has 0 unspecified atom stereocenters. The standard InChI is InChI=1S/C17H13ClFN3O3/c1-10(24-14-7-5-13(19)6-8-14)15(23)20-17-21-16(25-22-17)11-3-2-4-12(18)9-11/h2-10H,1H3,(H,20,22,23)/t10-/m1/s1. The van der Waals surface area contributed by atoms with Crippen molar-refractivity contribution in [3.8, 4) is 17.2 Å². The molecule has 6 nitrogen and oxygen atoms in total. The number of rotatable bonds is 5. The molecule has 3 aromatic rings. The Balaban J connectivity index is 1.64. The average molecular weight is 362 g/mol. The first kappa shape index (κ1) is 16.9. The molecule has 0 aliphatic rings. The third kappa shape index (κ3) is 4.33. The van der Waals surface area contributed by atoms with Crippen molar-refractivity contribution in [2.24, 2.45) is 0 Å². The Morgan fingerprint density at radius 2 is 2.04 bits per heavy atom. The molecule has 0 aliphatic heterocycles. The van der Waals surface area contributed by atoms with E-state index in [1.807, 2.05) is 0 Å². The van der Waals surface area contributed by atoms with E-state index in [2.05, 4.69) is 15.5 Å². The minimum atomic E-state index is -0.835. The number of halogens is 2. The van der Waals surface area contributed by atoms with E-state index >= 15 is 0 Å². The minimum absolute atomic E-state index is 0.00883. The van der Waals surface area contributed by atoms with Gasteiger partial charge in [0.15, 0.2) is 6.10 Å². The van der Waals surface area contributed by atoms with Gasteiger partial charge in [-0.3, -0.25) is 10.1 Å². The summed E-state index contributed by atoms with van der Waals surface area (Å²) in [5.74, 6) is -0.246. The molecule has 8 heteroatoms. The quantitative estimate of drug-likeness (QED) is 0.744. The van der Waals surface area contributed by atoms with Crippen LogP contribution in [0.25, 0.3) is 11.5 Å². The van der Waals surface area contributed by atoms with Crippen molar-refractivity contribution in [1.29, 1.82) is 0 Å². The van der Waals surface area contributed by atoms with Crippen LogP contribution in [0.2, 0.25) is 5.02 Å². The molecule has 1 atom stereocenters. The molecule has 1 heterocycles. The molecule has 2 aromatic carbocycles. The number of anilines is 1. The highest BCUT2D eigenvalue weighted by Gasteiger charge is 2.18. The molecule has 1 amide bonds. The number of nitrogens with one attached hydrogen (secondary N) is 1. The third-order valence-corrected chi connectivity index (χ3v) is 3.46. The highest BCUT2D eigenvalue weighted by molar-refractivity contribution is 6.30. The van der Waals surface area contributed by atoms with Crippen molar-refractivity contribution in [3.63, 3.8) is 0 Å². The van der Waals surface area contributed by atoms with Crippen LogP contribution in [0.3, 0.4) is 0 Å². The Hall–Kier alpha value is -2.93. The number of hydrogen-bond acceptors (Lipinski definition) is 5. The molecule has 25 heavy (non-hydrogen) atoms. The maximum Gasteiger partial charge on any atom is 0.270 e. The third-order valence-electron chi connectivity index (χ3n) is 3.23. The monoisotopic (exact) mass is 361 g/mol. The van der Waals surface area contributed by atoms with E-state index in [4.69, 9.17) is 20.9 Å². The fourth-order valence-corrected chi connectivity index (χ4v) is 2.19. The van der Waals surface area contributed by atoms with Crippen molar-refractivity contribution in [2.45, 2.75) is 13.0 Å². The van der Waals surface area contributed by atoms with Gasteiger partial charge in [0.05, 0.1) is 0 Å². The molecule has 128 valence electrons. The lowest BCUT2D eigenvalue weighted by atomic mass is 10.2. The molecule has 1 N–H and O–H groups in total. The molecule has 0 fully saturated rings. The Labute approximate surface area is 147 Å². The number of amides is 1. The van der Waals surface area contributed by atoms with Crippen LogP contribution >= 0.6 is 11.6 Å². The van der Waals surface area contributed by atoms with Crippen molar-refractivity contribution < 1.29 is 18.4 Å². The molecule has 0 aliphatic carbocycles. The number of hydrogen-bond donors (Lipinski definition) is 1. The molecular weight excluding hydrogens is 349 g/mol. The summed E-state index contributed by atoms with van der Waals surface area (Å²) >= 11 is 5.91. The van der Waals surface area contributed by atoms with Crippen LogP contribution in [0.5, 0.6) is 5.75 Å². The first-order valence-corrected chi connectivity index (χ1v) is 7.72. The zero-order valence-electron chi connectivity index (χ0n) is 13.1. The van der Waals surface area contributed by atoms with Gasteiger partial charge < -0.3 is 9.26 Å². The summed E-state index contributed by atoms with van der Waals surface area (Å²) in [6.45, 7) is 1.55. The Morgan fingerprint density at radius 3 is 2.76 bits per heavy atom. The molecule has 0 bridgehead atoms. The SMILES string of the molecule is C[C@@H](Oc1ccc(F)cc1)C(=O)Nc1noc(-c2cccc(Cl)c2)n1. The second-order valence-corrected chi connectivity index (χ2v) is 5.57.